The van der Waals surface area contributed by atoms with Crippen molar-refractivity contribution >= 4 is 17.6 Å². The highest BCUT2D eigenvalue weighted by Gasteiger charge is 2.22. The number of rotatable bonds is 4. The second-order valence-corrected chi connectivity index (χ2v) is 3.25. The molecule has 0 aromatic carbocycles. The Kier molecular flexibility index (Phi) is 4.12. The first-order chi connectivity index (χ1) is 7.45. The van der Waals surface area contributed by atoms with Gasteiger partial charge in [0.2, 0.25) is 5.95 Å². The highest BCUT2D eigenvalue weighted by Crippen LogP contribution is 2.26. The lowest BCUT2D eigenvalue weighted by Crippen LogP contribution is -2.09. The Morgan fingerprint density at radius 3 is 2.62 bits per heavy atom. The van der Waals surface area contributed by atoms with Crippen molar-refractivity contribution < 1.29 is 23.1 Å². The van der Waals surface area contributed by atoms with E-state index in [0.29, 0.717) is 0 Å². The maximum absolute atomic E-state index is 13.2. The lowest BCUT2D eigenvalue weighted by atomic mass is 10.1. The molecule has 0 fully saturated rings. The standard InChI is InChI=1S/C9H7ClF3NO2/c10-3-5-1-4(2-6(15)16)7(8(11)12)9(13)14-5/h1,8H,2-3H2,(H,15,16). The molecule has 0 saturated heterocycles. The van der Waals surface area contributed by atoms with Gasteiger partial charge in [-0.2, -0.15) is 4.39 Å². The summed E-state index contributed by atoms with van der Waals surface area (Å²) in [4.78, 5) is 13.6. The van der Waals surface area contributed by atoms with Crippen LogP contribution in [0.4, 0.5) is 13.2 Å². The first-order valence-corrected chi connectivity index (χ1v) is 4.73. The van der Waals surface area contributed by atoms with Gasteiger partial charge in [0.05, 0.1) is 23.6 Å². The van der Waals surface area contributed by atoms with Crippen LogP contribution in [0.5, 0.6) is 0 Å². The van der Waals surface area contributed by atoms with Crippen LogP contribution >= 0.6 is 11.6 Å². The minimum Gasteiger partial charge on any atom is -0.481 e. The maximum Gasteiger partial charge on any atom is 0.307 e. The van der Waals surface area contributed by atoms with Crippen LogP contribution in [0.15, 0.2) is 6.07 Å². The SMILES string of the molecule is O=C(O)Cc1cc(CCl)nc(F)c1C(F)F. The summed E-state index contributed by atoms with van der Waals surface area (Å²) >= 11 is 5.38. The Balaban J connectivity index is 3.28. The molecule has 0 spiro atoms. The molecule has 7 heteroatoms. The molecule has 88 valence electrons. The molecule has 0 aliphatic heterocycles. The van der Waals surface area contributed by atoms with Gasteiger partial charge in [-0.1, -0.05) is 0 Å². The Labute approximate surface area is 93.9 Å². The van der Waals surface area contributed by atoms with E-state index in [1.54, 1.807) is 0 Å². The molecule has 0 aliphatic carbocycles. The molecular weight excluding hydrogens is 247 g/mol. The van der Waals surface area contributed by atoms with E-state index in [4.69, 9.17) is 16.7 Å². The summed E-state index contributed by atoms with van der Waals surface area (Å²) in [5.74, 6) is -2.87. The fourth-order valence-electron chi connectivity index (χ4n) is 1.24. The van der Waals surface area contributed by atoms with Gasteiger partial charge in [-0.25, -0.2) is 13.8 Å². The van der Waals surface area contributed by atoms with E-state index in [9.17, 15) is 18.0 Å². The zero-order chi connectivity index (χ0) is 12.3. The van der Waals surface area contributed by atoms with E-state index in [2.05, 4.69) is 4.98 Å². The molecule has 1 N–H and O–H groups in total. The highest BCUT2D eigenvalue weighted by molar-refractivity contribution is 6.16. The Bertz CT molecular complexity index is 412. The van der Waals surface area contributed by atoms with Gasteiger partial charge in [-0.05, 0) is 11.6 Å². The van der Waals surface area contributed by atoms with E-state index < -0.39 is 30.3 Å². The quantitative estimate of drug-likeness (QED) is 0.663. The lowest BCUT2D eigenvalue weighted by Gasteiger charge is -2.09. The lowest BCUT2D eigenvalue weighted by molar-refractivity contribution is -0.136. The molecule has 1 aromatic rings. The summed E-state index contributed by atoms with van der Waals surface area (Å²) in [7, 11) is 0. The van der Waals surface area contributed by atoms with E-state index in [0.717, 1.165) is 6.07 Å². The average Bonchev–Trinajstić information content (AvgIpc) is 2.14. The van der Waals surface area contributed by atoms with Crippen LogP contribution in [-0.2, 0) is 17.1 Å². The third-order valence-corrected chi connectivity index (χ3v) is 2.12. The molecular formula is C9H7ClF3NO2. The monoisotopic (exact) mass is 253 g/mol. The number of hydrogen-bond acceptors (Lipinski definition) is 2. The first-order valence-electron chi connectivity index (χ1n) is 4.19. The molecule has 0 saturated carbocycles. The van der Waals surface area contributed by atoms with Gasteiger partial charge in [-0.15, -0.1) is 11.6 Å². The second kappa shape index (κ2) is 5.16. The van der Waals surface area contributed by atoms with Crippen molar-refractivity contribution in [2.45, 2.75) is 18.7 Å². The smallest absolute Gasteiger partial charge is 0.307 e. The number of hydrogen-bond donors (Lipinski definition) is 1. The third-order valence-electron chi connectivity index (χ3n) is 1.85. The minimum atomic E-state index is -3.11. The van der Waals surface area contributed by atoms with Crippen molar-refractivity contribution in [2.24, 2.45) is 0 Å². The van der Waals surface area contributed by atoms with Crippen molar-refractivity contribution in [3.63, 3.8) is 0 Å². The van der Waals surface area contributed by atoms with Crippen LogP contribution < -0.4 is 0 Å². The van der Waals surface area contributed by atoms with Crippen molar-refractivity contribution in [2.75, 3.05) is 0 Å². The number of carboxylic acid groups (broad SMARTS) is 1. The molecule has 0 unspecified atom stereocenters. The highest BCUT2D eigenvalue weighted by atomic mass is 35.5. The number of alkyl halides is 3. The average molecular weight is 254 g/mol. The van der Waals surface area contributed by atoms with Crippen molar-refractivity contribution in [3.8, 4) is 0 Å². The van der Waals surface area contributed by atoms with Gasteiger partial charge in [0, 0.05) is 0 Å². The molecule has 1 rings (SSSR count). The Morgan fingerprint density at radius 2 is 2.19 bits per heavy atom. The predicted octanol–water partition coefficient (Wildman–Crippen LogP) is 2.52. The van der Waals surface area contributed by atoms with Gasteiger partial charge in [-0.3, -0.25) is 4.79 Å². The van der Waals surface area contributed by atoms with Crippen LogP contribution in [0.2, 0.25) is 0 Å². The largest absolute Gasteiger partial charge is 0.481 e. The van der Waals surface area contributed by atoms with Crippen LogP contribution in [0, 0.1) is 5.95 Å². The normalized spacial score (nSPS) is 10.8. The molecule has 1 heterocycles. The number of carboxylic acids is 1. The van der Waals surface area contributed by atoms with Gasteiger partial charge >= 0.3 is 5.97 Å². The number of aliphatic carboxylic acids is 1. The summed E-state index contributed by atoms with van der Waals surface area (Å²) in [5, 5.41) is 8.51. The summed E-state index contributed by atoms with van der Waals surface area (Å²) < 4.78 is 38.1. The van der Waals surface area contributed by atoms with Crippen LogP contribution in [0.1, 0.15) is 23.2 Å². The van der Waals surface area contributed by atoms with Crippen LogP contribution in [0.3, 0.4) is 0 Å². The molecule has 0 amide bonds. The van der Waals surface area contributed by atoms with E-state index in [1.165, 1.54) is 0 Å². The van der Waals surface area contributed by atoms with Gasteiger partial charge in [0.25, 0.3) is 6.43 Å². The zero-order valence-corrected chi connectivity index (χ0v) is 8.64. The van der Waals surface area contributed by atoms with Crippen molar-refractivity contribution in [1.82, 2.24) is 4.98 Å². The topological polar surface area (TPSA) is 50.2 Å². The number of pyridine rings is 1. The third kappa shape index (κ3) is 2.85. The molecule has 0 atom stereocenters. The van der Waals surface area contributed by atoms with Crippen LogP contribution in [0.25, 0.3) is 0 Å². The van der Waals surface area contributed by atoms with Crippen molar-refractivity contribution in [3.05, 3.63) is 28.8 Å². The van der Waals surface area contributed by atoms with Gasteiger partial charge < -0.3 is 5.11 Å². The molecule has 0 bridgehead atoms. The van der Waals surface area contributed by atoms with Gasteiger partial charge in [0.15, 0.2) is 0 Å². The fourth-order valence-corrected chi connectivity index (χ4v) is 1.37. The summed E-state index contributed by atoms with van der Waals surface area (Å²) in [6, 6.07) is 1.08. The van der Waals surface area contributed by atoms with E-state index in [1.807, 2.05) is 0 Å². The number of nitrogens with zero attached hydrogens (tertiary/aromatic N) is 1. The molecule has 0 radical (unpaired) electrons. The Hall–Kier alpha value is -1.30. The van der Waals surface area contributed by atoms with Gasteiger partial charge in [0.1, 0.15) is 0 Å². The predicted molar refractivity (Wildman–Crippen MR) is 50.0 cm³/mol. The molecule has 1 aromatic heterocycles. The minimum absolute atomic E-state index is 0.0276. The maximum atomic E-state index is 13.2. The van der Waals surface area contributed by atoms with E-state index >= 15 is 0 Å². The number of aromatic nitrogens is 1. The molecule has 3 nitrogen and oxygen atoms in total. The summed E-state index contributed by atoms with van der Waals surface area (Å²) in [6.07, 6.45) is -3.80. The van der Waals surface area contributed by atoms with Crippen LogP contribution in [-0.4, -0.2) is 16.1 Å². The molecule has 0 aliphatic rings. The summed E-state index contributed by atoms with van der Waals surface area (Å²) in [5.41, 5.74) is -1.25. The Morgan fingerprint density at radius 1 is 1.56 bits per heavy atom. The fraction of sp³-hybridized carbons (Fsp3) is 0.333. The van der Waals surface area contributed by atoms with Crippen molar-refractivity contribution in [1.29, 1.82) is 0 Å². The number of halogens is 4. The van der Waals surface area contributed by atoms with E-state index in [-0.39, 0.29) is 17.1 Å². The second-order valence-electron chi connectivity index (χ2n) is 2.98. The zero-order valence-electron chi connectivity index (χ0n) is 7.88. The molecule has 16 heavy (non-hydrogen) atoms. The number of carbonyl (C=O) groups is 1. The first kappa shape index (κ1) is 12.8. The summed E-state index contributed by atoms with van der Waals surface area (Å²) in [6.45, 7) is 0.